The second-order valence-corrected chi connectivity index (χ2v) is 19.2. The van der Waals surface area contributed by atoms with Crippen LogP contribution in [0, 0.1) is 0 Å². The number of primary amides is 1. The van der Waals surface area contributed by atoms with E-state index >= 15 is 0 Å². The van der Waals surface area contributed by atoms with Crippen LogP contribution in [0.2, 0.25) is 0 Å². The van der Waals surface area contributed by atoms with Gasteiger partial charge in [0.1, 0.15) is 32.2 Å². The lowest BCUT2D eigenvalue weighted by atomic mass is 10.1. The third-order valence-corrected chi connectivity index (χ3v) is 8.75. The molecule has 0 heterocycles. The Balaban J connectivity index is -0.000000449. The molecule has 23 nitrogen and oxygen atoms in total. The Bertz CT molecular complexity index is 1580. The van der Waals surface area contributed by atoms with Crippen LogP contribution in [0.1, 0.15) is 149 Å². The first-order valence-corrected chi connectivity index (χ1v) is 26.0. The standard InChI is InChI=1S/C14H26N2O5.C13H26N2O4.C13H25NO4.C12H23NO4/c1-9(2)20-6-5-12(17)11(7-13(15)18)16-14(19)8-21-10(3)4;1-9(2)18-6-5-12(16)11(7-14)15-13(17)8-19-10(3)4;1-10(2)17-8-6-12(15)5-7-14-13(16)9-18-11(3)4;1-9(2)16-6-5-11(14)7-13-12(15)8-17-10(3)4/h9-11H,5-8H2,1-4H3,(H2,15,18)(H,16,19);9-11H,5-8,14H2,1-4H3,(H,15,17);10-11H,5-9H2,1-4H3,(H,14,16);9-10H,5-8H2,1-4H3,(H,13,15). The van der Waals surface area contributed by atoms with Gasteiger partial charge in [-0.2, -0.15) is 0 Å². The van der Waals surface area contributed by atoms with E-state index in [4.69, 9.17) is 49.4 Å². The molecule has 2 unspecified atom stereocenters. The van der Waals surface area contributed by atoms with Gasteiger partial charge >= 0.3 is 0 Å². The zero-order chi connectivity index (χ0) is 58.5. The fraction of sp³-hybridized carbons (Fsp3) is 0.827. The highest BCUT2D eigenvalue weighted by atomic mass is 16.5. The highest BCUT2D eigenvalue weighted by molar-refractivity contribution is 5.93. The van der Waals surface area contributed by atoms with Gasteiger partial charge in [0, 0.05) is 45.2 Å². The summed E-state index contributed by atoms with van der Waals surface area (Å²) in [5.74, 6) is -2.23. The molecule has 440 valence electrons. The fourth-order valence-electron chi connectivity index (χ4n) is 4.97. The smallest absolute Gasteiger partial charge is 0.246 e. The lowest BCUT2D eigenvalue weighted by Gasteiger charge is -2.17. The first-order chi connectivity index (χ1) is 34.9. The van der Waals surface area contributed by atoms with Crippen LogP contribution in [0.5, 0.6) is 0 Å². The van der Waals surface area contributed by atoms with Crippen LogP contribution < -0.4 is 32.7 Å². The van der Waals surface area contributed by atoms with Crippen LogP contribution in [0.25, 0.3) is 0 Å². The number of carbonyl (C=O) groups is 9. The van der Waals surface area contributed by atoms with E-state index in [1.54, 1.807) is 13.8 Å². The molecule has 23 heteroatoms. The van der Waals surface area contributed by atoms with Gasteiger partial charge in [0.2, 0.25) is 29.5 Å². The molecule has 8 N–H and O–H groups in total. The van der Waals surface area contributed by atoms with Crippen molar-refractivity contribution in [1.29, 1.82) is 0 Å². The number of nitrogens with two attached hydrogens (primary N) is 2. The topological polar surface area (TPSA) is 328 Å². The highest BCUT2D eigenvalue weighted by Gasteiger charge is 2.23. The highest BCUT2D eigenvalue weighted by Crippen LogP contribution is 2.02. The quantitative estimate of drug-likeness (QED) is 0.0514. The molecule has 5 amide bonds. The average Bonchev–Trinajstić information content (AvgIpc) is 3.29. The van der Waals surface area contributed by atoms with Crippen molar-refractivity contribution in [1.82, 2.24) is 21.3 Å². The first kappa shape index (κ1) is 77.2. The second kappa shape index (κ2) is 49.3. The molecule has 0 saturated heterocycles. The Labute approximate surface area is 448 Å². The van der Waals surface area contributed by atoms with Crippen molar-refractivity contribution >= 4 is 52.7 Å². The minimum Gasteiger partial charge on any atom is -0.378 e. The van der Waals surface area contributed by atoms with Crippen LogP contribution in [0.3, 0.4) is 0 Å². The van der Waals surface area contributed by atoms with Gasteiger partial charge in [0.25, 0.3) is 0 Å². The van der Waals surface area contributed by atoms with Gasteiger partial charge in [-0.3, -0.25) is 43.2 Å². The summed E-state index contributed by atoms with van der Waals surface area (Å²) in [6, 6.07) is -1.60. The molecule has 0 fully saturated rings. The van der Waals surface area contributed by atoms with E-state index < -0.39 is 23.9 Å². The van der Waals surface area contributed by atoms with Gasteiger partial charge in [0.05, 0.1) is 100 Å². The Hall–Kier alpha value is -4.33. The minimum atomic E-state index is -0.929. The molecule has 0 aromatic heterocycles. The van der Waals surface area contributed by atoms with Gasteiger partial charge in [-0.1, -0.05) is 0 Å². The van der Waals surface area contributed by atoms with Crippen LogP contribution in [-0.2, 0) is 81.0 Å². The van der Waals surface area contributed by atoms with E-state index in [9.17, 15) is 43.2 Å². The molecule has 75 heavy (non-hydrogen) atoms. The lowest BCUT2D eigenvalue weighted by Crippen LogP contribution is -2.47. The first-order valence-electron chi connectivity index (χ1n) is 26.0. The van der Waals surface area contributed by atoms with Crippen LogP contribution in [0.15, 0.2) is 0 Å². The summed E-state index contributed by atoms with van der Waals surface area (Å²) in [5.41, 5.74) is 10.6. The Kier molecular flexibility index (Phi) is 50.7. The molecule has 0 aliphatic heterocycles. The SMILES string of the molecule is CC(C)OCCC(=O)C(CC(N)=O)NC(=O)COC(C)C.CC(C)OCCC(=O)C(CN)NC(=O)COC(C)C.CC(C)OCCC(=O)CCNC(=O)COC(C)C.CC(C)OCCC(=O)CNC(=O)COC(C)C. The minimum absolute atomic E-state index is 0.00651. The van der Waals surface area contributed by atoms with Gasteiger partial charge in [-0.05, 0) is 111 Å². The van der Waals surface area contributed by atoms with Crippen molar-refractivity contribution in [2.24, 2.45) is 11.5 Å². The van der Waals surface area contributed by atoms with Crippen LogP contribution in [-0.4, -0.2) is 186 Å². The van der Waals surface area contributed by atoms with Gasteiger partial charge < -0.3 is 70.6 Å². The van der Waals surface area contributed by atoms with Crippen molar-refractivity contribution in [3.63, 3.8) is 0 Å². The van der Waals surface area contributed by atoms with Crippen LogP contribution in [0.4, 0.5) is 0 Å². The zero-order valence-corrected chi connectivity index (χ0v) is 48.4. The number of ketones is 4. The molecule has 0 aliphatic carbocycles. The summed E-state index contributed by atoms with van der Waals surface area (Å²) in [6.07, 6.45) is 1.47. The third kappa shape index (κ3) is 60.4. The second-order valence-electron chi connectivity index (χ2n) is 19.2. The molecular formula is C52H100N6O17. The number of rotatable bonds is 40. The predicted octanol–water partition coefficient (Wildman–Crippen LogP) is 2.61. The van der Waals surface area contributed by atoms with Crippen molar-refractivity contribution in [3.8, 4) is 0 Å². The van der Waals surface area contributed by atoms with E-state index in [0.29, 0.717) is 45.6 Å². The largest absolute Gasteiger partial charge is 0.378 e. The maximum absolute atomic E-state index is 12.0. The summed E-state index contributed by atoms with van der Waals surface area (Å²) in [7, 11) is 0. The molecular weight excluding hydrogens is 981 g/mol. The zero-order valence-electron chi connectivity index (χ0n) is 48.4. The molecule has 0 aromatic carbocycles. The van der Waals surface area contributed by atoms with Crippen molar-refractivity contribution in [3.05, 3.63) is 0 Å². The van der Waals surface area contributed by atoms with Crippen LogP contribution >= 0.6 is 0 Å². The van der Waals surface area contributed by atoms with Crippen molar-refractivity contribution in [2.45, 2.75) is 210 Å². The molecule has 0 spiro atoms. The van der Waals surface area contributed by atoms with E-state index in [0.717, 1.165) is 0 Å². The predicted molar refractivity (Wildman–Crippen MR) is 285 cm³/mol. The summed E-state index contributed by atoms with van der Waals surface area (Å²) >= 11 is 0. The fourth-order valence-corrected chi connectivity index (χ4v) is 4.97. The summed E-state index contributed by atoms with van der Waals surface area (Å²) in [5, 5.41) is 10.2. The van der Waals surface area contributed by atoms with Gasteiger partial charge in [-0.25, -0.2) is 0 Å². The summed E-state index contributed by atoms with van der Waals surface area (Å²) < 4.78 is 41.6. The summed E-state index contributed by atoms with van der Waals surface area (Å²) in [4.78, 5) is 103. The number of carbonyl (C=O) groups excluding carboxylic acids is 9. The van der Waals surface area contributed by atoms with Gasteiger partial charge in [0.15, 0.2) is 17.3 Å². The molecule has 0 aromatic rings. The third-order valence-electron chi connectivity index (χ3n) is 8.75. The number of hydrogen-bond acceptors (Lipinski definition) is 18. The number of ether oxygens (including phenoxy) is 8. The Morgan fingerprint density at radius 3 is 1.03 bits per heavy atom. The van der Waals surface area contributed by atoms with E-state index in [-0.39, 0.29) is 155 Å². The maximum Gasteiger partial charge on any atom is 0.246 e. The molecule has 0 aliphatic rings. The number of amides is 5. The molecule has 0 rings (SSSR count). The van der Waals surface area contributed by atoms with E-state index in [1.165, 1.54) is 0 Å². The molecule has 0 radical (unpaired) electrons. The number of Topliss-reactive ketones (excluding diaryl/α,β-unsaturated/α-hetero) is 4. The van der Waals surface area contributed by atoms with E-state index in [1.807, 2.05) is 96.9 Å². The lowest BCUT2D eigenvalue weighted by molar-refractivity contribution is -0.133. The number of hydrogen-bond donors (Lipinski definition) is 6. The average molecular weight is 1080 g/mol. The maximum atomic E-state index is 12.0. The molecule has 0 bridgehead atoms. The normalized spacial score (nSPS) is 11.9. The molecule has 0 saturated carbocycles. The van der Waals surface area contributed by atoms with Crippen molar-refractivity contribution in [2.75, 3.05) is 72.5 Å². The van der Waals surface area contributed by atoms with Gasteiger partial charge in [-0.15, -0.1) is 0 Å². The Morgan fingerprint density at radius 1 is 0.373 bits per heavy atom. The summed E-state index contributed by atoms with van der Waals surface area (Å²) in [6.45, 7) is 31.6. The Morgan fingerprint density at radius 2 is 0.680 bits per heavy atom. The van der Waals surface area contributed by atoms with E-state index in [2.05, 4.69) is 21.3 Å². The number of nitrogens with one attached hydrogen (secondary N) is 4. The molecule has 2 atom stereocenters. The monoisotopic (exact) mass is 1080 g/mol. The van der Waals surface area contributed by atoms with Crippen molar-refractivity contribution < 1.29 is 81.0 Å².